The number of hydrogen-bond donors (Lipinski definition) is 1. The monoisotopic (exact) mass is 640 g/mol. The van der Waals surface area contributed by atoms with Crippen LogP contribution in [0, 0.1) is 0 Å². The topological polar surface area (TPSA) is 84.9 Å². The first-order valence-corrected chi connectivity index (χ1v) is 14.5. The zero-order valence-electron chi connectivity index (χ0n) is 23.1. The highest BCUT2D eigenvalue weighted by Gasteiger charge is 2.36. The number of hydrogen-bond acceptors (Lipinski definition) is 6. The van der Waals surface area contributed by atoms with Gasteiger partial charge in [-0.15, -0.1) is 0 Å². The van der Waals surface area contributed by atoms with E-state index in [0.29, 0.717) is 40.3 Å². The van der Waals surface area contributed by atoms with Crippen molar-refractivity contribution in [1.82, 2.24) is 4.90 Å². The van der Waals surface area contributed by atoms with Gasteiger partial charge in [0.05, 0.1) is 22.1 Å². The van der Waals surface area contributed by atoms with Crippen molar-refractivity contribution in [1.29, 1.82) is 0 Å². The Hall–Kier alpha value is -4.48. The summed E-state index contributed by atoms with van der Waals surface area (Å²) in [6.45, 7) is 1.65. The number of nitrogens with zero attached hydrogens (tertiary/aromatic N) is 1. The Morgan fingerprint density at radius 2 is 1.75 bits per heavy atom. The van der Waals surface area contributed by atoms with Gasteiger partial charge in [0.2, 0.25) is 5.91 Å². The van der Waals surface area contributed by atoms with Crippen LogP contribution >= 0.6 is 23.4 Å². The van der Waals surface area contributed by atoms with E-state index in [4.69, 9.17) is 21.1 Å². The second kappa shape index (κ2) is 13.0. The number of anilines is 1. The second-order valence-electron chi connectivity index (χ2n) is 9.58. The molecule has 4 aromatic rings. The minimum atomic E-state index is -4.59. The molecule has 1 aliphatic heterocycles. The molecule has 0 aliphatic carbocycles. The lowest BCUT2D eigenvalue weighted by molar-refractivity contribution is -0.137. The van der Waals surface area contributed by atoms with Crippen LogP contribution in [0.4, 0.5) is 23.7 Å². The molecule has 3 amide bonds. The largest absolute Gasteiger partial charge is 0.490 e. The van der Waals surface area contributed by atoms with Crippen LogP contribution in [-0.4, -0.2) is 35.1 Å². The summed E-state index contributed by atoms with van der Waals surface area (Å²) < 4.78 is 50.8. The van der Waals surface area contributed by atoms with E-state index < -0.39 is 35.3 Å². The van der Waals surface area contributed by atoms with Crippen molar-refractivity contribution < 1.29 is 37.0 Å². The number of halogens is 4. The van der Waals surface area contributed by atoms with Crippen molar-refractivity contribution in [2.24, 2.45) is 0 Å². The van der Waals surface area contributed by atoms with Crippen LogP contribution in [0.1, 0.15) is 23.6 Å². The maximum Gasteiger partial charge on any atom is 0.416 e. The van der Waals surface area contributed by atoms with Crippen molar-refractivity contribution in [2.45, 2.75) is 19.7 Å². The average molecular weight is 641 g/mol. The molecule has 12 heteroatoms. The number of fused-ring (bicyclic) bond motifs is 1. The van der Waals surface area contributed by atoms with Crippen LogP contribution in [0.15, 0.2) is 83.8 Å². The van der Waals surface area contributed by atoms with Crippen molar-refractivity contribution in [3.05, 3.63) is 105 Å². The highest BCUT2D eigenvalue weighted by molar-refractivity contribution is 8.18. The van der Waals surface area contributed by atoms with Gasteiger partial charge in [-0.25, -0.2) is 0 Å². The number of carbonyl (C=O) groups excluding carboxylic acids is 3. The minimum absolute atomic E-state index is 0.0322. The maximum atomic E-state index is 13.0. The van der Waals surface area contributed by atoms with Gasteiger partial charge in [0.25, 0.3) is 11.1 Å². The Morgan fingerprint density at radius 1 is 1.00 bits per heavy atom. The van der Waals surface area contributed by atoms with Gasteiger partial charge < -0.3 is 14.8 Å². The van der Waals surface area contributed by atoms with E-state index in [9.17, 15) is 27.6 Å². The maximum absolute atomic E-state index is 13.0. The number of ether oxygens (including phenoxy) is 2. The van der Waals surface area contributed by atoms with E-state index in [1.54, 1.807) is 19.1 Å². The van der Waals surface area contributed by atoms with E-state index >= 15 is 0 Å². The number of rotatable bonds is 9. The number of amides is 3. The van der Waals surface area contributed by atoms with Gasteiger partial charge in [-0.05, 0) is 77.0 Å². The minimum Gasteiger partial charge on any atom is -0.490 e. The lowest BCUT2D eigenvalue weighted by Gasteiger charge is -2.15. The molecule has 226 valence electrons. The Labute approximate surface area is 259 Å². The van der Waals surface area contributed by atoms with Crippen LogP contribution in [0.25, 0.3) is 16.8 Å². The van der Waals surface area contributed by atoms with Crippen LogP contribution in [0.3, 0.4) is 0 Å². The first-order valence-electron chi connectivity index (χ1n) is 13.3. The second-order valence-corrected chi connectivity index (χ2v) is 11.0. The summed E-state index contributed by atoms with van der Waals surface area (Å²) in [7, 11) is 0. The molecular weight excluding hydrogens is 617 g/mol. The van der Waals surface area contributed by atoms with Crippen molar-refractivity contribution in [3.8, 4) is 11.5 Å². The molecule has 44 heavy (non-hydrogen) atoms. The molecular formula is C32H24ClF3N2O5S. The SMILES string of the molecule is CCOc1cc(/C=C2\SC(=O)N(CC(=O)Nc3cccc(C(F)(F)F)c3)C2=O)cc(Cl)c1OCc1cccc2ccccc12. The van der Waals surface area contributed by atoms with Crippen molar-refractivity contribution >= 4 is 63.0 Å². The third-order valence-corrected chi connectivity index (χ3v) is 7.72. The molecule has 1 saturated heterocycles. The Bertz CT molecular complexity index is 1790. The molecule has 7 nitrogen and oxygen atoms in total. The van der Waals surface area contributed by atoms with Crippen LogP contribution in [0.5, 0.6) is 11.5 Å². The lowest BCUT2D eigenvalue weighted by atomic mass is 10.1. The van der Waals surface area contributed by atoms with Gasteiger partial charge in [-0.3, -0.25) is 19.3 Å². The van der Waals surface area contributed by atoms with E-state index in [-0.39, 0.29) is 22.2 Å². The molecule has 1 aliphatic rings. The number of nitrogens with one attached hydrogen (secondary N) is 1. The third kappa shape index (κ3) is 7.00. The fourth-order valence-corrected chi connectivity index (χ4v) is 5.66. The van der Waals surface area contributed by atoms with E-state index in [0.717, 1.165) is 34.5 Å². The molecule has 0 unspecified atom stereocenters. The summed E-state index contributed by atoms with van der Waals surface area (Å²) in [5.41, 5.74) is 0.346. The van der Waals surface area contributed by atoms with Crippen LogP contribution in [-0.2, 0) is 22.4 Å². The van der Waals surface area contributed by atoms with Gasteiger partial charge in [-0.2, -0.15) is 13.2 Å². The van der Waals surface area contributed by atoms with Gasteiger partial charge in [0.1, 0.15) is 13.2 Å². The number of imide groups is 1. The van der Waals surface area contributed by atoms with Gasteiger partial charge >= 0.3 is 6.18 Å². The molecule has 0 radical (unpaired) electrons. The molecule has 1 N–H and O–H groups in total. The standard InChI is InChI=1S/C32H24ClF3N2O5S/c1-2-42-26-14-19(13-25(33)29(26)43-18-21-9-5-8-20-7-3-4-12-24(20)21)15-27-30(40)38(31(41)44-27)17-28(39)37-23-11-6-10-22(16-23)32(34,35)36/h3-16H,2,17-18H2,1H3,(H,37,39)/b27-15-. The van der Waals surface area contributed by atoms with Gasteiger partial charge in [-0.1, -0.05) is 60.1 Å². The molecule has 0 spiro atoms. The first-order chi connectivity index (χ1) is 21.0. The lowest BCUT2D eigenvalue weighted by Crippen LogP contribution is -2.36. The first kappa shape index (κ1) is 31.0. The van der Waals surface area contributed by atoms with E-state index in [1.165, 1.54) is 12.1 Å². The summed E-state index contributed by atoms with van der Waals surface area (Å²) >= 11 is 7.22. The number of benzene rings is 4. The smallest absolute Gasteiger partial charge is 0.416 e. The summed E-state index contributed by atoms with van der Waals surface area (Å²) in [6.07, 6.45) is -3.15. The number of alkyl halides is 3. The van der Waals surface area contributed by atoms with Gasteiger partial charge in [0, 0.05) is 5.69 Å². The van der Waals surface area contributed by atoms with E-state index in [1.807, 2.05) is 42.5 Å². The molecule has 0 bridgehead atoms. The Balaban J connectivity index is 1.31. The molecule has 1 fully saturated rings. The zero-order chi connectivity index (χ0) is 31.4. The molecule has 0 aromatic heterocycles. The van der Waals surface area contributed by atoms with Crippen LogP contribution < -0.4 is 14.8 Å². The van der Waals surface area contributed by atoms with Crippen molar-refractivity contribution in [2.75, 3.05) is 18.5 Å². The molecule has 1 heterocycles. The normalized spacial score (nSPS) is 14.4. The summed E-state index contributed by atoms with van der Waals surface area (Å²) in [6, 6.07) is 21.1. The Morgan fingerprint density at radius 3 is 2.52 bits per heavy atom. The zero-order valence-corrected chi connectivity index (χ0v) is 24.7. The fraction of sp³-hybridized carbons (Fsp3) is 0.156. The quantitative estimate of drug-likeness (QED) is 0.186. The summed E-state index contributed by atoms with van der Waals surface area (Å²) in [5.74, 6) is -0.907. The molecule has 5 rings (SSSR count). The molecule has 0 atom stereocenters. The third-order valence-electron chi connectivity index (χ3n) is 6.53. The highest BCUT2D eigenvalue weighted by atomic mass is 35.5. The predicted molar refractivity (Wildman–Crippen MR) is 164 cm³/mol. The van der Waals surface area contributed by atoms with Crippen molar-refractivity contribution in [3.63, 3.8) is 0 Å². The number of thioether (sulfide) groups is 1. The molecule has 4 aromatic carbocycles. The fourth-order valence-electron chi connectivity index (χ4n) is 4.55. The molecule has 0 saturated carbocycles. The highest BCUT2D eigenvalue weighted by Crippen LogP contribution is 2.40. The average Bonchev–Trinajstić information content (AvgIpc) is 3.23. The predicted octanol–water partition coefficient (Wildman–Crippen LogP) is 8.16. The van der Waals surface area contributed by atoms with Crippen LogP contribution in [0.2, 0.25) is 5.02 Å². The van der Waals surface area contributed by atoms with E-state index in [2.05, 4.69) is 5.32 Å². The summed E-state index contributed by atoms with van der Waals surface area (Å²) in [4.78, 5) is 38.9. The Kier molecular flexibility index (Phi) is 9.17. The van der Waals surface area contributed by atoms with Gasteiger partial charge in [0.15, 0.2) is 11.5 Å². The number of carbonyl (C=O) groups is 3. The summed E-state index contributed by atoms with van der Waals surface area (Å²) in [5, 5.41) is 3.93.